The van der Waals surface area contributed by atoms with Crippen LogP contribution in [0.4, 0.5) is 0 Å². The van der Waals surface area contributed by atoms with E-state index in [1.54, 1.807) is 10.7 Å². The van der Waals surface area contributed by atoms with Crippen LogP contribution in [0.25, 0.3) is 10.2 Å². The Balaban J connectivity index is 2.14. The SMILES string of the molecule is CCn1c(=NC(=O)c2cc(C)n(C)n2)sc2cc(Br)ccc21. The van der Waals surface area contributed by atoms with Crippen molar-refractivity contribution in [3.8, 4) is 0 Å². The van der Waals surface area contributed by atoms with Crippen LogP contribution in [0.3, 0.4) is 0 Å². The second-order valence-corrected chi connectivity index (χ2v) is 6.88. The summed E-state index contributed by atoms with van der Waals surface area (Å²) in [5, 5.41) is 4.19. The third-order valence-electron chi connectivity index (χ3n) is 3.49. The summed E-state index contributed by atoms with van der Waals surface area (Å²) in [6.07, 6.45) is 0. The van der Waals surface area contributed by atoms with Crippen molar-refractivity contribution in [1.82, 2.24) is 14.3 Å². The summed E-state index contributed by atoms with van der Waals surface area (Å²) in [5.41, 5.74) is 2.39. The molecular weight excluding hydrogens is 364 g/mol. The van der Waals surface area contributed by atoms with E-state index in [2.05, 4.69) is 26.0 Å². The van der Waals surface area contributed by atoms with Gasteiger partial charge in [0.25, 0.3) is 5.91 Å². The van der Waals surface area contributed by atoms with Crippen LogP contribution in [0.5, 0.6) is 0 Å². The molecule has 0 saturated heterocycles. The van der Waals surface area contributed by atoms with Gasteiger partial charge in [-0.3, -0.25) is 9.48 Å². The predicted octanol–water partition coefficient (Wildman–Crippen LogP) is 3.27. The van der Waals surface area contributed by atoms with Gasteiger partial charge in [0.2, 0.25) is 0 Å². The van der Waals surface area contributed by atoms with Crippen molar-refractivity contribution >= 4 is 43.4 Å². The van der Waals surface area contributed by atoms with Crippen LogP contribution in [0.15, 0.2) is 33.7 Å². The molecule has 0 aliphatic heterocycles. The summed E-state index contributed by atoms with van der Waals surface area (Å²) in [6.45, 7) is 4.71. The predicted molar refractivity (Wildman–Crippen MR) is 91.0 cm³/mol. The number of aryl methyl sites for hydroxylation is 3. The van der Waals surface area contributed by atoms with Crippen LogP contribution in [0, 0.1) is 6.92 Å². The van der Waals surface area contributed by atoms with Crippen LogP contribution in [0.2, 0.25) is 0 Å². The first-order valence-corrected chi connectivity index (χ1v) is 8.49. The number of carbonyl (C=O) groups is 1. The first-order chi connectivity index (χ1) is 10.5. The van der Waals surface area contributed by atoms with E-state index in [0.29, 0.717) is 10.5 Å². The van der Waals surface area contributed by atoms with Gasteiger partial charge < -0.3 is 4.57 Å². The zero-order valence-corrected chi connectivity index (χ0v) is 14.9. The van der Waals surface area contributed by atoms with Crippen molar-refractivity contribution < 1.29 is 4.79 Å². The van der Waals surface area contributed by atoms with Crippen molar-refractivity contribution in [3.05, 3.63) is 44.9 Å². The lowest BCUT2D eigenvalue weighted by atomic mass is 10.3. The molecule has 0 aliphatic rings. The Morgan fingerprint density at radius 1 is 1.41 bits per heavy atom. The minimum atomic E-state index is -0.309. The molecule has 0 saturated carbocycles. The fourth-order valence-corrected chi connectivity index (χ4v) is 3.89. The maximum absolute atomic E-state index is 12.3. The number of hydrogen-bond acceptors (Lipinski definition) is 3. The van der Waals surface area contributed by atoms with Crippen LogP contribution in [-0.4, -0.2) is 20.3 Å². The fraction of sp³-hybridized carbons (Fsp3) is 0.267. The molecule has 0 bridgehead atoms. The summed E-state index contributed by atoms with van der Waals surface area (Å²) in [7, 11) is 1.81. The average Bonchev–Trinajstić information content (AvgIpc) is 2.98. The summed E-state index contributed by atoms with van der Waals surface area (Å²) in [6, 6.07) is 7.83. The quantitative estimate of drug-likeness (QED) is 0.686. The van der Waals surface area contributed by atoms with Gasteiger partial charge in [-0.15, -0.1) is 0 Å². The molecule has 0 spiro atoms. The molecule has 2 heterocycles. The van der Waals surface area contributed by atoms with Gasteiger partial charge in [0.15, 0.2) is 10.5 Å². The molecule has 0 atom stereocenters. The van der Waals surface area contributed by atoms with E-state index in [1.165, 1.54) is 11.3 Å². The minimum absolute atomic E-state index is 0.309. The van der Waals surface area contributed by atoms with Crippen LogP contribution < -0.4 is 4.80 Å². The molecule has 3 aromatic rings. The Bertz CT molecular complexity index is 915. The van der Waals surface area contributed by atoms with Gasteiger partial charge in [-0.2, -0.15) is 10.1 Å². The van der Waals surface area contributed by atoms with Crippen LogP contribution >= 0.6 is 27.3 Å². The van der Waals surface area contributed by atoms with Gasteiger partial charge >= 0.3 is 0 Å². The van der Waals surface area contributed by atoms with E-state index in [1.807, 2.05) is 43.7 Å². The fourth-order valence-electron chi connectivity index (χ4n) is 2.25. The smallest absolute Gasteiger partial charge is 0.300 e. The van der Waals surface area contributed by atoms with Gasteiger partial charge in [0, 0.05) is 23.8 Å². The van der Waals surface area contributed by atoms with Gasteiger partial charge in [-0.1, -0.05) is 27.3 Å². The molecular formula is C15H15BrN4OS. The molecule has 1 aromatic carbocycles. The zero-order chi connectivity index (χ0) is 15.9. The van der Waals surface area contributed by atoms with E-state index in [4.69, 9.17) is 0 Å². The molecule has 0 fully saturated rings. The Kier molecular flexibility index (Phi) is 4.01. The summed E-state index contributed by atoms with van der Waals surface area (Å²) >= 11 is 4.98. The second kappa shape index (κ2) is 5.81. The standard InChI is InChI=1S/C15H15BrN4OS/c1-4-20-12-6-5-10(16)8-13(12)22-15(20)17-14(21)11-7-9(2)19(3)18-11/h5-8H,4H2,1-3H3. The number of carbonyl (C=O) groups excluding carboxylic acids is 1. The normalized spacial score (nSPS) is 12.3. The Morgan fingerprint density at radius 2 is 2.18 bits per heavy atom. The Labute approximate surface area is 140 Å². The number of thiazole rings is 1. The summed E-state index contributed by atoms with van der Waals surface area (Å²) in [4.78, 5) is 17.3. The highest BCUT2D eigenvalue weighted by atomic mass is 79.9. The highest BCUT2D eigenvalue weighted by Crippen LogP contribution is 2.22. The van der Waals surface area contributed by atoms with Crippen molar-refractivity contribution in [3.63, 3.8) is 0 Å². The zero-order valence-electron chi connectivity index (χ0n) is 12.5. The van der Waals surface area contributed by atoms with E-state index in [-0.39, 0.29) is 5.91 Å². The lowest BCUT2D eigenvalue weighted by Gasteiger charge is -1.99. The first-order valence-electron chi connectivity index (χ1n) is 6.88. The summed E-state index contributed by atoms with van der Waals surface area (Å²) in [5.74, 6) is -0.309. The van der Waals surface area contributed by atoms with E-state index < -0.39 is 0 Å². The maximum atomic E-state index is 12.3. The number of aromatic nitrogens is 3. The molecule has 0 radical (unpaired) electrons. The third-order valence-corrected chi connectivity index (χ3v) is 5.03. The Morgan fingerprint density at radius 3 is 2.82 bits per heavy atom. The largest absolute Gasteiger partial charge is 0.317 e. The first kappa shape index (κ1) is 15.2. The number of benzene rings is 1. The Hall–Kier alpha value is -1.73. The topological polar surface area (TPSA) is 52.2 Å². The molecule has 0 aliphatic carbocycles. The maximum Gasteiger partial charge on any atom is 0.300 e. The molecule has 3 rings (SSSR count). The van der Waals surface area contributed by atoms with Crippen LogP contribution in [-0.2, 0) is 13.6 Å². The average molecular weight is 379 g/mol. The van der Waals surface area contributed by atoms with Crippen molar-refractivity contribution in [2.75, 3.05) is 0 Å². The number of halogens is 1. The van der Waals surface area contributed by atoms with Gasteiger partial charge in [0.05, 0.1) is 10.2 Å². The minimum Gasteiger partial charge on any atom is -0.317 e. The molecule has 1 amide bonds. The van der Waals surface area contributed by atoms with E-state index in [0.717, 1.165) is 26.9 Å². The van der Waals surface area contributed by atoms with E-state index >= 15 is 0 Å². The number of hydrogen-bond donors (Lipinski definition) is 0. The van der Waals surface area contributed by atoms with Crippen molar-refractivity contribution in [1.29, 1.82) is 0 Å². The number of nitrogens with zero attached hydrogens (tertiary/aromatic N) is 4. The van der Waals surface area contributed by atoms with Crippen molar-refractivity contribution in [2.45, 2.75) is 20.4 Å². The van der Waals surface area contributed by atoms with Crippen LogP contribution in [0.1, 0.15) is 23.1 Å². The molecule has 0 N–H and O–H groups in total. The third kappa shape index (κ3) is 2.66. The highest BCUT2D eigenvalue weighted by molar-refractivity contribution is 9.10. The monoisotopic (exact) mass is 378 g/mol. The number of fused-ring (bicyclic) bond motifs is 1. The molecule has 5 nitrogen and oxygen atoms in total. The molecule has 0 unspecified atom stereocenters. The number of amides is 1. The van der Waals surface area contributed by atoms with Gasteiger partial charge in [0.1, 0.15) is 0 Å². The highest BCUT2D eigenvalue weighted by Gasteiger charge is 2.12. The van der Waals surface area contributed by atoms with Crippen molar-refractivity contribution in [2.24, 2.45) is 12.0 Å². The number of rotatable bonds is 2. The molecule has 2 aromatic heterocycles. The molecule has 7 heteroatoms. The van der Waals surface area contributed by atoms with Gasteiger partial charge in [-0.05, 0) is 38.1 Å². The molecule has 22 heavy (non-hydrogen) atoms. The molecule has 114 valence electrons. The lowest BCUT2D eigenvalue weighted by molar-refractivity contribution is 0.0992. The van der Waals surface area contributed by atoms with E-state index in [9.17, 15) is 4.79 Å². The second-order valence-electron chi connectivity index (χ2n) is 4.95. The summed E-state index contributed by atoms with van der Waals surface area (Å²) < 4.78 is 5.83. The lowest BCUT2D eigenvalue weighted by Crippen LogP contribution is -2.16. The van der Waals surface area contributed by atoms with Gasteiger partial charge in [-0.25, -0.2) is 0 Å².